The van der Waals surface area contributed by atoms with Crippen LogP contribution in [0.3, 0.4) is 0 Å². The summed E-state index contributed by atoms with van der Waals surface area (Å²) in [7, 11) is 1.89. The molecule has 2 rings (SSSR count). The highest BCUT2D eigenvalue weighted by Crippen LogP contribution is 2.22. The van der Waals surface area contributed by atoms with Crippen LogP contribution in [0.25, 0.3) is 0 Å². The highest BCUT2D eigenvalue weighted by atomic mass is 16.3. The van der Waals surface area contributed by atoms with Crippen molar-refractivity contribution in [1.82, 2.24) is 5.32 Å². The summed E-state index contributed by atoms with van der Waals surface area (Å²) in [6.07, 6.45) is 2.12. The number of hydrogen-bond donors (Lipinski definition) is 2. The molecule has 1 fully saturated rings. The minimum absolute atomic E-state index is 0.409. The Morgan fingerprint density at radius 1 is 1.53 bits per heavy atom. The predicted molar refractivity (Wildman–Crippen MR) is 76.0 cm³/mol. The lowest BCUT2D eigenvalue weighted by Crippen LogP contribution is -2.27. The van der Waals surface area contributed by atoms with E-state index in [0.717, 1.165) is 17.8 Å². The lowest BCUT2D eigenvalue weighted by Gasteiger charge is -2.22. The van der Waals surface area contributed by atoms with Crippen LogP contribution in [0.1, 0.15) is 30.9 Å². The second-order valence-corrected chi connectivity index (χ2v) is 5.35. The molecule has 1 aromatic carbocycles. The molecular formula is C15H21N3O. The number of anilines is 1. The molecule has 1 aromatic rings. The van der Waals surface area contributed by atoms with Gasteiger partial charge < -0.3 is 15.3 Å². The zero-order valence-electron chi connectivity index (χ0n) is 11.6. The molecule has 1 aliphatic rings. The van der Waals surface area contributed by atoms with Gasteiger partial charge in [0.15, 0.2) is 0 Å². The number of nitrogens with one attached hydrogen (secondary N) is 1. The molecule has 4 nitrogen and oxygen atoms in total. The van der Waals surface area contributed by atoms with Gasteiger partial charge >= 0.3 is 0 Å². The number of rotatable bonds is 6. The van der Waals surface area contributed by atoms with E-state index >= 15 is 0 Å². The van der Waals surface area contributed by atoms with Crippen LogP contribution in [0.2, 0.25) is 0 Å². The summed E-state index contributed by atoms with van der Waals surface area (Å²) in [5.41, 5.74) is 2.68. The van der Waals surface area contributed by atoms with Crippen LogP contribution in [-0.2, 0) is 6.54 Å². The third-order valence-corrected chi connectivity index (χ3v) is 3.30. The van der Waals surface area contributed by atoms with Gasteiger partial charge in [-0.2, -0.15) is 5.26 Å². The van der Waals surface area contributed by atoms with Gasteiger partial charge in [0.05, 0.1) is 17.4 Å². The second kappa shape index (κ2) is 6.05. The van der Waals surface area contributed by atoms with Gasteiger partial charge in [-0.15, -0.1) is 0 Å². The zero-order valence-corrected chi connectivity index (χ0v) is 11.6. The Bertz CT molecular complexity index is 475. The Balaban J connectivity index is 2.08. The molecule has 2 N–H and O–H groups in total. The Kier molecular flexibility index (Phi) is 4.41. The fourth-order valence-electron chi connectivity index (χ4n) is 2.16. The van der Waals surface area contributed by atoms with Crippen LogP contribution < -0.4 is 10.2 Å². The van der Waals surface area contributed by atoms with Gasteiger partial charge in [0.1, 0.15) is 6.07 Å². The van der Waals surface area contributed by atoms with Crippen molar-refractivity contribution in [2.24, 2.45) is 0 Å². The third-order valence-electron chi connectivity index (χ3n) is 3.30. The number of benzene rings is 1. The van der Waals surface area contributed by atoms with Crippen LogP contribution >= 0.6 is 0 Å². The van der Waals surface area contributed by atoms with E-state index in [1.807, 2.05) is 30.1 Å². The van der Waals surface area contributed by atoms with Crippen LogP contribution in [-0.4, -0.2) is 30.8 Å². The van der Waals surface area contributed by atoms with E-state index in [1.165, 1.54) is 12.8 Å². The van der Waals surface area contributed by atoms with Crippen LogP contribution in [0.4, 0.5) is 5.69 Å². The van der Waals surface area contributed by atoms with E-state index in [-0.39, 0.29) is 0 Å². The van der Waals surface area contributed by atoms with Gasteiger partial charge in [0.2, 0.25) is 0 Å². The Labute approximate surface area is 114 Å². The molecule has 4 heteroatoms. The lowest BCUT2D eigenvalue weighted by atomic mass is 10.1. The molecule has 0 amide bonds. The summed E-state index contributed by atoms with van der Waals surface area (Å²) < 4.78 is 0. The maximum absolute atomic E-state index is 9.42. The summed E-state index contributed by atoms with van der Waals surface area (Å²) in [5, 5.41) is 22.1. The summed E-state index contributed by atoms with van der Waals surface area (Å²) in [6.45, 7) is 3.09. The third kappa shape index (κ3) is 3.95. The van der Waals surface area contributed by atoms with Crippen molar-refractivity contribution in [2.45, 2.75) is 38.5 Å². The second-order valence-electron chi connectivity index (χ2n) is 5.35. The molecule has 19 heavy (non-hydrogen) atoms. The van der Waals surface area contributed by atoms with Gasteiger partial charge in [-0.3, -0.25) is 0 Å². The molecule has 1 unspecified atom stereocenters. The summed E-state index contributed by atoms with van der Waals surface area (Å²) in [4.78, 5) is 1.92. The molecule has 0 heterocycles. The monoisotopic (exact) mass is 259 g/mol. The van der Waals surface area contributed by atoms with Crippen LogP contribution in [0, 0.1) is 11.3 Å². The van der Waals surface area contributed by atoms with Crippen molar-refractivity contribution < 1.29 is 5.11 Å². The van der Waals surface area contributed by atoms with Crippen molar-refractivity contribution in [3.63, 3.8) is 0 Å². The maximum Gasteiger partial charge on any atom is 0.101 e. The number of aliphatic hydroxyl groups excluding tert-OH is 1. The number of nitriles is 1. The molecule has 0 radical (unpaired) electrons. The van der Waals surface area contributed by atoms with Gasteiger partial charge in [0, 0.05) is 26.2 Å². The molecule has 0 aromatic heterocycles. The SMILES string of the molecule is CC(O)CN(C)c1ccc(CNC2CC2)cc1C#N. The van der Waals surface area contributed by atoms with Gasteiger partial charge in [-0.05, 0) is 37.5 Å². The highest BCUT2D eigenvalue weighted by Gasteiger charge is 2.20. The first kappa shape index (κ1) is 13.9. The van der Waals surface area contributed by atoms with Gasteiger partial charge in [-0.1, -0.05) is 6.07 Å². The maximum atomic E-state index is 9.42. The molecular weight excluding hydrogens is 238 g/mol. The molecule has 0 spiro atoms. The summed E-state index contributed by atoms with van der Waals surface area (Å²) >= 11 is 0. The quantitative estimate of drug-likeness (QED) is 0.815. The normalized spacial score (nSPS) is 15.9. The molecule has 1 aliphatic carbocycles. The molecule has 1 atom stereocenters. The van der Waals surface area contributed by atoms with Gasteiger partial charge in [0.25, 0.3) is 0 Å². The number of aliphatic hydroxyl groups is 1. The minimum Gasteiger partial charge on any atom is -0.392 e. The fourth-order valence-corrected chi connectivity index (χ4v) is 2.16. The molecule has 0 saturated heterocycles. The average Bonchev–Trinajstić information content (AvgIpc) is 3.19. The van der Waals surface area contributed by atoms with Crippen LogP contribution in [0.15, 0.2) is 18.2 Å². The number of nitrogens with zero attached hydrogens (tertiary/aromatic N) is 2. The Morgan fingerprint density at radius 2 is 2.26 bits per heavy atom. The first-order valence-electron chi connectivity index (χ1n) is 6.75. The summed E-state index contributed by atoms with van der Waals surface area (Å²) in [6, 6.07) is 8.85. The summed E-state index contributed by atoms with van der Waals surface area (Å²) in [5.74, 6) is 0. The van der Waals surface area contributed by atoms with Gasteiger partial charge in [-0.25, -0.2) is 0 Å². The van der Waals surface area contributed by atoms with Crippen molar-refractivity contribution >= 4 is 5.69 Å². The molecule has 102 valence electrons. The van der Waals surface area contributed by atoms with E-state index < -0.39 is 6.10 Å². The van der Waals surface area contributed by atoms with Crippen molar-refractivity contribution in [1.29, 1.82) is 5.26 Å². The average molecular weight is 259 g/mol. The van der Waals surface area contributed by atoms with Crippen LogP contribution in [0.5, 0.6) is 0 Å². The topological polar surface area (TPSA) is 59.3 Å². The smallest absolute Gasteiger partial charge is 0.101 e. The first-order valence-corrected chi connectivity index (χ1v) is 6.75. The standard InChI is InChI=1S/C15H21N3O/c1-11(19)10-18(2)15-6-3-12(7-13(15)8-16)9-17-14-4-5-14/h3,6-7,11,14,17,19H,4-5,9-10H2,1-2H3. The minimum atomic E-state index is -0.409. The van der Waals surface area contributed by atoms with E-state index in [0.29, 0.717) is 18.2 Å². The van der Waals surface area contributed by atoms with E-state index in [1.54, 1.807) is 6.92 Å². The highest BCUT2D eigenvalue weighted by molar-refractivity contribution is 5.60. The fraction of sp³-hybridized carbons (Fsp3) is 0.533. The van der Waals surface area contributed by atoms with E-state index in [9.17, 15) is 10.4 Å². The number of likely N-dealkylation sites (N-methyl/N-ethyl adjacent to an activating group) is 1. The molecule has 0 bridgehead atoms. The molecule has 0 aliphatic heterocycles. The van der Waals surface area contributed by atoms with Crippen molar-refractivity contribution in [2.75, 3.05) is 18.5 Å². The molecule has 1 saturated carbocycles. The zero-order chi connectivity index (χ0) is 13.8. The Morgan fingerprint density at radius 3 is 2.84 bits per heavy atom. The predicted octanol–water partition coefficient (Wildman–Crippen LogP) is 1.63. The van der Waals surface area contributed by atoms with Crippen molar-refractivity contribution in [3.05, 3.63) is 29.3 Å². The largest absolute Gasteiger partial charge is 0.392 e. The van der Waals surface area contributed by atoms with E-state index in [4.69, 9.17) is 0 Å². The van der Waals surface area contributed by atoms with Crippen molar-refractivity contribution in [3.8, 4) is 6.07 Å². The first-order chi connectivity index (χ1) is 9.10. The number of hydrogen-bond acceptors (Lipinski definition) is 4. The Hall–Kier alpha value is -1.57. The van der Waals surface area contributed by atoms with E-state index in [2.05, 4.69) is 11.4 Å². The lowest BCUT2D eigenvalue weighted by molar-refractivity contribution is 0.201.